The Balaban J connectivity index is 1.63. The number of likely N-dealkylation sites (N-methyl/N-ethyl adjacent to an activating group) is 1. The summed E-state index contributed by atoms with van der Waals surface area (Å²) in [6, 6.07) is 3.50. The summed E-state index contributed by atoms with van der Waals surface area (Å²) < 4.78 is 6.73. The Morgan fingerprint density at radius 2 is 2.38 bits per heavy atom. The van der Waals surface area contributed by atoms with Crippen LogP contribution in [0.3, 0.4) is 0 Å². The van der Waals surface area contributed by atoms with Crippen molar-refractivity contribution in [1.82, 2.24) is 14.5 Å². The van der Waals surface area contributed by atoms with Crippen molar-refractivity contribution < 1.29 is 9.52 Å². The molecule has 0 amide bonds. The van der Waals surface area contributed by atoms with Gasteiger partial charge in [0.1, 0.15) is 0 Å². The van der Waals surface area contributed by atoms with Crippen molar-refractivity contribution >= 4 is 11.2 Å². The predicted octanol–water partition coefficient (Wildman–Crippen LogP) is 1.08. The van der Waals surface area contributed by atoms with E-state index in [1.807, 2.05) is 7.05 Å². The van der Waals surface area contributed by atoms with Gasteiger partial charge < -0.3 is 14.4 Å². The van der Waals surface area contributed by atoms with Crippen LogP contribution in [-0.4, -0.2) is 45.8 Å². The van der Waals surface area contributed by atoms with E-state index in [1.165, 1.54) is 0 Å². The molecular weight excluding hydrogens is 270 g/mol. The van der Waals surface area contributed by atoms with Crippen LogP contribution in [0.4, 0.5) is 0 Å². The standard InChI is InChI=1S/C15H21N3O3/c1-17(10-11-4-2-5-12(11)19)8-9-18-14-13(21-15(18)20)6-3-7-16-14/h3,6-7,11-12,19H,2,4-5,8-10H2,1H3. The lowest BCUT2D eigenvalue weighted by Gasteiger charge is -2.22. The van der Waals surface area contributed by atoms with Crippen LogP contribution in [0.15, 0.2) is 27.5 Å². The Morgan fingerprint density at radius 3 is 3.14 bits per heavy atom. The van der Waals surface area contributed by atoms with Gasteiger partial charge in [-0.05, 0) is 37.9 Å². The summed E-state index contributed by atoms with van der Waals surface area (Å²) in [5.41, 5.74) is 1.12. The smallest absolute Gasteiger partial charge is 0.406 e. The number of nitrogens with zero attached hydrogens (tertiary/aromatic N) is 3. The number of oxazole rings is 1. The maximum absolute atomic E-state index is 11.8. The van der Waals surface area contributed by atoms with Crippen LogP contribution in [0, 0.1) is 5.92 Å². The monoisotopic (exact) mass is 291 g/mol. The van der Waals surface area contributed by atoms with Crippen LogP contribution in [0.25, 0.3) is 11.2 Å². The highest BCUT2D eigenvalue weighted by atomic mass is 16.4. The van der Waals surface area contributed by atoms with Crippen molar-refractivity contribution in [2.75, 3.05) is 20.1 Å². The molecule has 2 atom stereocenters. The third-order valence-electron chi connectivity index (χ3n) is 4.29. The van der Waals surface area contributed by atoms with Crippen molar-refractivity contribution in [2.24, 2.45) is 5.92 Å². The van der Waals surface area contributed by atoms with Crippen molar-refractivity contribution in [2.45, 2.75) is 31.9 Å². The summed E-state index contributed by atoms with van der Waals surface area (Å²) in [6.07, 6.45) is 4.59. The minimum Gasteiger partial charge on any atom is -0.406 e. The van der Waals surface area contributed by atoms with Crippen LogP contribution in [0.5, 0.6) is 0 Å². The van der Waals surface area contributed by atoms with E-state index in [1.54, 1.807) is 22.9 Å². The van der Waals surface area contributed by atoms with Gasteiger partial charge in [0.2, 0.25) is 0 Å². The Labute approximate surface area is 123 Å². The summed E-state index contributed by atoms with van der Waals surface area (Å²) in [6.45, 7) is 2.13. The summed E-state index contributed by atoms with van der Waals surface area (Å²) >= 11 is 0. The van der Waals surface area contributed by atoms with Gasteiger partial charge in [0.05, 0.1) is 6.10 Å². The average Bonchev–Trinajstić information content (AvgIpc) is 3.00. The fourth-order valence-corrected chi connectivity index (χ4v) is 3.09. The van der Waals surface area contributed by atoms with Gasteiger partial charge in [-0.3, -0.25) is 4.57 Å². The SMILES string of the molecule is CN(CCn1c(=O)oc2cccnc21)CC1CCCC1O. The fraction of sp³-hybridized carbons (Fsp3) is 0.600. The number of aromatic nitrogens is 2. The van der Waals surface area contributed by atoms with Crippen molar-refractivity contribution in [3.63, 3.8) is 0 Å². The molecule has 6 heteroatoms. The molecule has 2 unspecified atom stereocenters. The molecule has 0 spiro atoms. The highest BCUT2D eigenvalue weighted by Crippen LogP contribution is 2.25. The molecule has 2 aromatic heterocycles. The first-order valence-electron chi connectivity index (χ1n) is 7.46. The topological polar surface area (TPSA) is 71.5 Å². The number of pyridine rings is 1. The number of hydrogen-bond donors (Lipinski definition) is 1. The van der Waals surface area contributed by atoms with E-state index >= 15 is 0 Å². The van der Waals surface area contributed by atoms with Gasteiger partial charge in [0.25, 0.3) is 0 Å². The highest BCUT2D eigenvalue weighted by Gasteiger charge is 2.26. The van der Waals surface area contributed by atoms with Crippen molar-refractivity contribution in [3.05, 3.63) is 28.9 Å². The molecule has 1 fully saturated rings. The molecule has 2 heterocycles. The van der Waals surface area contributed by atoms with Crippen molar-refractivity contribution in [3.8, 4) is 0 Å². The summed E-state index contributed by atoms with van der Waals surface area (Å²) in [5, 5.41) is 9.87. The Kier molecular flexibility index (Phi) is 4.07. The number of aliphatic hydroxyl groups is 1. The second-order valence-electron chi connectivity index (χ2n) is 5.87. The van der Waals surface area contributed by atoms with Gasteiger partial charge in [0, 0.05) is 25.8 Å². The molecule has 0 saturated heterocycles. The van der Waals surface area contributed by atoms with Gasteiger partial charge >= 0.3 is 5.76 Å². The molecule has 1 aliphatic rings. The molecule has 21 heavy (non-hydrogen) atoms. The van der Waals surface area contributed by atoms with Crippen LogP contribution in [-0.2, 0) is 6.54 Å². The van der Waals surface area contributed by atoms with Crippen LogP contribution in [0.1, 0.15) is 19.3 Å². The zero-order chi connectivity index (χ0) is 14.8. The maximum Gasteiger partial charge on any atom is 0.421 e. The normalized spacial score (nSPS) is 22.4. The predicted molar refractivity (Wildman–Crippen MR) is 79.1 cm³/mol. The second kappa shape index (κ2) is 5.99. The molecule has 1 N–H and O–H groups in total. The zero-order valence-electron chi connectivity index (χ0n) is 12.2. The van der Waals surface area contributed by atoms with Gasteiger partial charge in [-0.2, -0.15) is 0 Å². The highest BCUT2D eigenvalue weighted by molar-refractivity contribution is 5.67. The van der Waals surface area contributed by atoms with Gasteiger partial charge in [0.15, 0.2) is 11.2 Å². The summed E-state index contributed by atoms with van der Waals surface area (Å²) in [4.78, 5) is 18.2. The molecule has 2 aromatic rings. The number of hydrogen-bond acceptors (Lipinski definition) is 5. The third kappa shape index (κ3) is 3.01. The largest absolute Gasteiger partial charge is 0.421 e. The van der Waals surface area contributed by atoms with E-state index in [9.17, 15) is 9.90 Å². The molecule has 6 nitrogen and oxygen atoms in total. The summed E-state index contributed by atoms with van der Waals surface area (Å²) in [5.74, 6) is -0.0102. The van der Waals surface area contributed by atoms with E-state index in [-0.39, 0.29) is 11.9 Å². The van der Waals surface area contributed by atoms with Crippen molar-refractivity contribution in [1.29, 1.82) is 0 Å². The lowest BCUT2D eigenvalue weighted by molar-refractivity contribution is 0.108. The molecular formula is C15H21N3O3. The molecule has 1 aliphatic carbocycles. The number of fused-ring (bicyclic) bond motifs is 1. The lowest BCUT2D eigenvalue weighted by atomic mass is 10.1. The minimum atomic E-state index is -0.363. The first-order chi connectivity index (χ1) is 10.1. The van der Waals surface area contributed by atoms with Crippen LogP contribution >= 0.6 is 0 Å². The molecule has 0 bridgehead atoms. The molecule has 1 saturated carbocycles. The third-order valence-corrected chi connectivity index (χ3v) is 4.29. The summed E-state index contributed by atoms with van der Waals surface area (Å²) in [7, 11) is 2.02. The molecule has 0 radical (unpaired) electrons. The van der Waals surface area contributed by atoms with Gasteiger partial charge in [-0.1, -0.05) is 6.42 Å². The quantitative estimate of drug-likeness (QED) is 0.892. The maximum atomic E-state index is 11.8. The zero-order valence-corrected chi connectivity index (χ0v) is 12.2. The minimum absolute atomic E-state index is 0.174. The van der Waals surface area contributed by atoms with E-state index in [2.05, 4.69) is 9.88 Å². The van der Waals surface area contributed by atoms with Crippen LogP contribution in [0.2, 0.25) is 0 Å². The van der Waals surface area contributed by atoms with E-state index in [4.69, 9.17) is 4.42 Å². The Bertz CT molecular complexity index is 663. The Morgan fingerprint density at radius 1 is 1.52 bits per heavy atom. The van der Waals surface area contributed by atoms with Crippen LogP contribution < -0.4 is 5.76 Å². The average molecular weight is 291 g/mol. The molecule has 0 aliphatic heterocycles. The molecule has 114 valence electrons. The fourth-order valence-electron chi connectivity index (χ4n) is 3.09. The van der Waals surface area contributed by atoms with Gasteiger partial charge in [-0.15, -0.1) is 0 Å². The molecule has 0 aromatic carbocycles. The van der Waals surface area contributed by atoms with E-state index in [0.29, 0.717) is 23.7 Å². The Hall–Kier alpha value is -1.66. The van der Waals surface area contributed by atoms with E-state index < -0.39 is 0 Å². The van der Waals surface area contributed by atoms with E-state index in [0.717, 1.165) is 32.4 Å². The lowest BCUT2D eigenvalue weighted by Crippen LogP contribution is -2.33. The number of rotatable bonds is 5. The number of aliphatic hydroxyl groups excluding tert-OH is 1. The molecule has 3 rings (SSSR count). The first-order valence-corrected chi connectivity index (χ1v) is 7.46. The first kappa shape index (κ1) is 14.3. The van der Waals surface area contributed by atoms with Gasteiger partial charge in [-0.25, -0.2) is 9.78 Å². The second-order valence-corrected chi connectivity index (χ2v) is 5.87.